The van der Waals surface area contributed by atoms with Crippen LogP contribution in [-0.2, 0) is 4.74 Å². The molecule has 0 saturated carbocycles. The van der Waals surface area contributed by atoms with Crippen LogP contribution in [0, 0.1) is 0 Å². The molecule has 2 fully saturated rings. The average Bonchev–Trinajstić information content (AvgIpc) is 3.07. The van der Waals surface area contributed by atoms with E-state index in [9.17, 15) is 4.79 Å². The van der Waals surface area contributed by atoms with Gasteiger partial charge in [0.25, 0.3) is 0 Å². The number of morpholine rings is 1. The predicted molar refractivity (Wildman–Crippen MR) is 101 cm³/mol. The van der Waals surface area contributed by atoms with Crippen LogP contribution in [0.2, 0.25) is 10.0 Å². The molecule has 2 N–H and O–H groups in total. The zero-order chi connectivity index (χ0) is 17.0. The van der Waals surface area contributed by atoms with Crippen molar-refractivity contribution in [3.8, 4) is 0 Å². The third kappa shape index (κ3) is 4.29. The molecule has 1 unspecified atom stereocenters. The van der Waals surface area contributed by atoms with Gasteiger partial charge in [-0.2, -0.15) is 11.8 Å². The van der Waals surface area contributed by atoms with Gasteiger partial charge in [0.2, 0.25) is 0 Å². The Bertz CT molecular complexity index is 591. The highest BCUT2D eigenvalue weighted by molar-refractivity contribution is 7.99. The molecular weight excluding hydrogens is 369 g/mol. The summed E-state index contributed by atoms with van der Waals surface area (Å²) in [6, 6.07) is 4.82. The maximum absolute atomic E-state index is 12.2. The van der Waals surface area contributed by atoms with Gasteiger partial charge in [0, 0.05) is 36.6 Å². The summed E-state index contributed by atoms with van der Waals surface area (Å²) < 4.78 is 5.46. The highest BCUT2D eigenvalue weighted by Crippen LogP contribution is 2.33. The standard InChI is InChI=1S/C16H21Cl2N3O2S/c17-13-2-1-12(9-14(13)18)20-15(22)19-10-16(3-8-24-11-16)21-4-6-23-7-5-21/h1-2,9H,3-8,10-11H2,(H2,19,20,22). The molecule has 132 valence electrons. The van der Waals surface area contributed by atoms with E-state index in [0.717, 1.165) is 44.2 Å². The molecule has 2 aliphatic rings. The first-order chi connectivity index (χ1) is 11.6. The number of urea groups is 1. The monoisotopic (exact) mass is 389 g/mol. The smallest absolute Gasteiger partial charge is 0.319 e. The molecule has 24 heavy (non-hydrogen) atoms. The Morgan fingerprint density at radius 3 is 2.75 bits per heavy atom. The van der Waals surface area contributed by atoms with Crippen LogP contribution >= 0.6 is 35.0 Å². The SMILES string of the molecule is O=C(NCC1(N2CCOCC2)CCSC1)Nc1ccc(Cl)c(Cl)c1. The summed E-state index contributed by atoms with van der Waals surface area (Å²) in [5.41, 5.74) is 0.659. The largest absolute Gasteiger partial charge is 0.379 e. The first-order valence-electron chi connectivity index (χ1n) is 8.00. The van der Waals surface area contributed by atoms with E-state index in [0.29, 0.717) is 22.3 Å². The molecule has 0 radical (unpaired) electrons. The molecule has 0 spiro atoms. The lowest BCUT2D eigenvalue weighted by Crippen LogP contribution is -2.59. The molecule has 2 heterocycles. The molecule has 5 nitrogen and oxygen atoms in total. The predicted octanol–water partition coefficient (Wildman–Crippen LogP) is 3.32. The molecule has 0 aromatic heterocycles. The van der Waals surface area contributed by atoms with Gasteiger partial charge in [-0.15, -0.1) is 0 Å². The Hall–Kier alpha value is -0.660. The minimum absolute atomic E-state index is 0.0312. The minimum Gasteiger partial charge on any atom is -0.379 e. The Kier molecular flexibility index (Phi) is 6.16. The molecule has 8 heteroatoms. The number of hydrogen-bond acceptors (Lipinski definition) is 4. The van der Waals surface area contributed by atoms with Crippen LogP contribution in [0.1, 0.15) is 6.42 Å². The van der Waals surface area contributed by atoms with Gasteiger partial charge in [0.15, 0.2) is 0 Å². The molecule has 2 amide bonds. The fraction of sp³-hybridized carbons (Fsp3) is 0.562. The fourth-order valence-electron chi connectivity index (χ4n) is 3.13. The number of benzene rings is 1. The molecule has 0 aliphatic carbocycles. The Labute approximate surface area is 156 Å². The number of carbonyl (C=O) groups is 1. The van der Waals surface area contributed by atoms with Crippen molar-refractivity contribution in [1.29, 1.82) is 0 Å². The third-order valence-corrected chi connectivity index (χ3v) is 6.49. The van der Waals surface area contributed by atoms with Gasteiger partial charge < -0.3 is 15.4 Å². The van der Waals surface area contributed by atoms with Crippen molar-refractivity contribution in [2.75, 3.05) is 49.7 Å². The second-order valence-corrected chi connectivity index (χ2v) is 7.98. The van der Waals surface area contributed by atoms with E-state index in [1.54, 1.807) is 18.2 Å². The Balaban J connectivity index is 1.57. The zero-order valence-electron chi connectivity index (χ0n) is 13.3. The summed E-state index contributed by atoms with van der Waals surface area (Å²) in [5, 5.41) is 6.73. The van der Waals surface area contributed by atoms with Crippen molar-refractivity contribution in [1.82, 2.24) is 10.2 Å². The number of ether oxygens (including phenoxy) is 1. The normalized spacial score (nSPS) is 24.8. The van der Waals surface area contributed by atoms with Crippen molar-refractivity contribution < 1.29 is 9.53 Å². The van der Waals surface area contributed by atoms with Gasteiger partial charge in [-0.25, -0.2) is 4.79 Å². The summed E-state index contributed by atoms with van der Waals surface area (Å²) in [4.78, 5) is 14.7. The molecule has 1 aromatic rings. The van der Waals surface area contributed by atoms with E-state index in [1.807, 2.05) is 11.8 Å². The third-order valence-electron chi connectivity index (χ3n) is 4.52. The van der Waals surface area contributed by atoms with E-state index in [1.165, 1.54) is 0 Å². The van der Waals surface area contributed by atoms with Gasteiger partial charge in [0.1, 0.15) is 0 Å². The summed E-state index contributed by atoms with van der Waals surface area (Å²) in [6.45, 7) is 4.02. The number of rotatable bonds is 4. The summed E-state index contributed by atoms with van der Waals surface area (Å²) in [7, 11) is 0. The van der Waals surface area contributed by atoms with Crippen molar-refractivity contribution in [2.45, 2.75) is 12.0 Å². The van der Waals surface area contributed by atoms with Crippen LogP contribution in [0.3, 0.4) is 0 Å². The number of hydrogen-bond donors (Lipinski definition) is 2. The highest BCUT2D eigenvalue weighted by Gasteiger charge is 2.40. The molecule has 2 aliphatic heterocycles. The number of nitrogens with one attached hydrogen (secondary N) is 2. The van der Waals surface area contributed by atoms with Gasteiger partial charge in [-0.05, 0) is 30.4 Å². The summed E-state index contributed by atoms with van der Waals surface area (Å²) in [6.07, 6.45) is 1.09. The van der Waals surface area contributed by atoms with Crippen molar-refractivity contribution in [2.24, 2.45) is 0 Å². The molecule has 2 saturated heterocycles. The number of halogens is 2. The Morgan fingerprint density at radius 2 is 2.08 bits per heavy atom. The van der Waals surface area contributed by atoms with E-state index in [4.69, 9.17) is 27.9 Å². The minimum atomic E-state index is -0.224. The van der Waals surface area contributed by atoms with Crippen LogP contribution in [0.5, 0.6) is 0 Å². The number of carbonyl (C=O) groups excluding carboxylic acids is 1. The first kappa shape index (κ1) is 18.1. The lowest BCUT2D eigenvalue weighted by molar-refractivity contribution is -0.0123. The highest BCUT2D eigenvalue weighted by atomic mass is 35.5. The maximum atomic E-state index is 12.2. The van der Waals surface area contributed by atoms with Gasteiger partial charge in [-0.1, -0.05) is 23.2 Å². The lowest BCUT2D eigenvalue weighted by Gasteiger charge is -2.43. The van der Waals surface area contributed by atoms with E-state index in [-0.39, 0.29) is 11.6 Å². The molecule has 0 bridgehead atoms. The number of anilines is 1. The maximum Gasteiger partial charge on any atom is 0.319 e. The van der Waals surface area contributed by atoms with Crippen LogP contribution in [0.4, 0.5) is 10.5 Å². The molecule has 3 rings (SSSR count). The average molecular weight is 390 g/mol. The fourth-order valence-corrected chi connectivity index (χ4v) is 4.90. The first-order valence-corrected chi connectivity index (χ1v) is 9.91. The summed E-state index contributed by atoms with van der Waals surface area (Å²) in [5.74, 6) is 2.17. The quantitative estimate of drug-likeness (QED) is 0.828. The van der Waals surface area contributed by atoms with Gasteiger partial charge in [0.05, 0.1) is 23.3 Å². The molecule has 1 atom stereocenters. The van der Waals surface area contributed by atoms with E-state index in [2.05, 4.69) is 15.5 Å². The number of thioether (sulfide) groups is 1. The molecular formula is C16H21Cl2N3O2S. The van der Waals surface area contributed by atoms with Crippen molar-refractivity contribution >= 4 is 46.7 Å². The van der Waals surface area contributed by atoms with Gasteiger partial charge >= 0.3 is 6.03 Å². The lowest BCUT2D eigenvalue weighted by atomic mass is 9.95. The van der Waals surface area contributed by atoms with Crippen molar-refractivity contribution in [3.63, 3.8) is 0 Å². The van der Waals surface area contributed by atoms with Gasteiger partial charge in [-0.3, -0.25) is 4.90 Å². The Morgan fingerprint density at radius 1 is 1.29 bits per heavy atom. The van der Waals surface area contributed by atoms with Crippen LogP contribution in [0.15, 0.2) is 18.2 Å². The van der Waals surface area contributed by atoms with Crippen LogP contribution < -0.4 is 10.6 Å². The topological polar surface area (TPSA) is 53.6 Å². The second-order valence-electron chi connectivity index (χ2n) is 6.06. The zero-order valence-corrected chi connectivity index (χ0v) is 15.6. The van der Waals surface area contributed by atoms with E-state index >= 15 is 0 Å². The second kappa shape index (κ2) is 8.15. The molecule has 1 aromatic carbocycles. The number of nitrogens with zero attached hydrogens (tertiary/aromatic N) is 1. The van der Waals surface area contributed by atoms with Crippen LogP contribution in [0.25, 0.3) is 0 Å². The van der Waals surface area contributed by atoms with Crippen molar-refractivity contribution in [3.05, 3.63) is 28.2 Å². The number of amides is 2. The van der Waals surface area contributed by atoms with Crippen LogP contribution in [-0.4, -0.2) is 60.8 Å². The summed E-state index contributed by atoms with van der Waals surface area (Å²) >= 11 is 13.8. The van der Waals surface area contributed by atoms with E-state index < -0.39 is 0 Å².